The minimum absolute atomic E-state index is 0.0495. The molecule has 0 saturated heterocycles. The van der Waals surface area contributed by atoms with Gasteiger partial charge in [-0.15, -0.1) is 0 Å². The predicted octanol–water partition coefficient (Wildman–Crippen LogP) is 0.639. The zero-order valence-electron chi connectivity index (χ0n) is 9.58. The quantitative estimate of drug-likeness (QED) is 0.747. The third-order valence-electron chi connectivity index (χ3n) is 2.25. The van der Waals surface area contributed by atoms with E-state index in [1.165, 1.54) is 5.56 Å². The minimum Gasteiger partial charge on any atom is -0.357 e. The van der Waals surface area contributed by atoms with Gasteiger partial charge in [0.1, 0.15) is 0 Å². The largest absolute Gasteiger partial charge is 0.357 e. The molecule has 1 amide bonds. The van der Waals surface area contributed by atoms with E-state index in [0.717, 1.165) is 6.54 Å². The van der Waals surface area contributed by atoms with E-state index in [4.69, 9.17) is 0 Å². The van der Waals surface area contributed by atoms with Crippen LogP contribution in [0.5, 0.6) is 0 Å². The number of aromatic nitrogens is 1. The Bertz CT molecular complexity index is 319. The fourth-order valence-electron chi connectivity index (χ4n) is 1.36. The Morgan fingerprint density at radius 3 is 2.87 bits per heavy atom. The lowest BCUT2D eigenvalue weighted by molar-refractivity contribution is -0.122. The number of hydrogen-bond donors (Lipinski definition) is 2. The highest BCUT2D eigenvalue weighted by molar-refractivity contribution is 5.81. The van der Waals surface area contributed by atoms with Crippen molar-refractivity contribution in [2.45, 2.75) is 26.4 Å². The molecule has 1 unspecified atom stereocenters. The van der Waals surface area contributed by atoms with Crippen LogP contribution in [-0.2, 0) is 18.4 Å². The highest BCUT2D eigenvalue weighted by atomic mass is 16.2. The van der Waals surface area contributed by atoms with Crippen LogP contribution >= 0.6 is 0 Å². The maximum absolute atomic E-state index is 11.4. The predicted molar refractivity (Wildman–Crippen MR) is 60.4 cm³/mol. The van der Waals surface area contributed by atoms with Crippen molar-refractivity contribution in [3.8, 4) is 0 Å². The number of rotatable bonds is 5. The van der Waals surface area contributed by atoms with Crippen LogP contribution in [0.25, 0.3) is 0 Å². The molecule has 4 nitrogen and oxygen atoms in total. The van der Waals surface area contributed by atoms with E-state index < -0.39 is 0 Å². The molecule has 0 aliphatic carbocycles. The number of hydrogen-bond acceptors (Lipinski definition) is 2. The zero-order valence-corrected chi connectivity index (χ0v) is 9.58. The number of aryl methyl sites for hydroxylation is 1. The van der Waals surface area contributed by atoms with Crippen LogP contribution in [0.1, 0.15) is 19.4 Å². The summed E-state index contributed by atoms with van der Waals surface area (Å²) < 4.78 is 1.99. The first kappa shape index (κ1) is 11.8. The summed E-state index contributed by atoms with van der Waals surface area (Å²) in [6.45, 7) is 5.19. The summed E-state index contributed by atoms with van der Waals surface area (Å²) in [4.78, 5) is 11.4. The van der Waals surface area contributed by atoms with E-state index in [1.54, 1.807) is 0 Å². The molecular weight excluding hydrogens is 190 g/mol. The van der Waals surface area contributed by atoms with Crippen LogP contribution < -0.4 is 10.6 Å². The molecule has 0 aromatic carbocycles. The molecule has 1 atom stereocenters. The lowest BCUT2D eigenvalue weighted by Crippen LogP contribution is -2.41. The summed E-state index contributed by atoms with van der Waals surface area (Å²) in [6, 6.07) is 1.89. The molecule has 0 aliphatic heterocycles. The van der Waals surface area contributed by atoms with Gasteiger partial charge < -0.3 is 15.2 Å². The van der Waals surface area contributed by atoms with Gasteiger partial charge in [-0.05, 0) is 25.5 Å². The van der Waals surface area contributed by atoms with E-state index >= 15 is 0 Å². The van der Waals surface area contributed by atoms with E-state index in [0.29, 0.717) is 6.54 Å². The summed E-state index contributed by atoms with van der Waals surface area (Å²) in [6.07, 6.45) is 4.03. The van der Waals surface area contributed by atoms with Gasteiger partial charge >= 0.3 is 0 Å². The molecule has 0 aliphatic rings. The molecule has 0 fully saturated rings. The van der Waals surface area contributed by atoms with Gasteiger partial charge in [-0.3, -0.25) is 4.79 Å². The van der Waals surface area contributed by atoms with Crippen molar-refractivity contribution in [1.82, 2.24) is 15.2 Å². The second kappa shape index (κ2) is 5.56. The van der Waals surface area contributed by atoms with Gasteiger partial charge in [0.2, 0.25) is 5.91 Å². The smallest absolute Gasteiger partial charge is 0.236 e. The molecule has 0 radical (unpaired) electrons. The van der Waals surface area contributed by atoms with Gasteiger partial charge in [-0.2, -0.15) is 0 Å². The minimum atomic E-state index is -0.148. The van der Waals surface area contributed by atoms with Gasteiger partial charge in [0, 0.05) is 32.5 Å². The van der Waals surface area contributed by atoms with Crippen molar-refractivity contribution in [3.63, 3.8) is 0 Å². The van der Waals surface area contributed by atoms with Crippen molar-refractivity contribution in [2.75, 3.05) is 6.54 Å². The first-order chi connectivity index (χ1) is 7.13. The molecule has 0 bridgehead atoms. The fourth-order valence-corrected chi connectivity index (χ4v) is 1.36. The molecule has 4 heteroatoms. The van der Waals surface area contributed by atoms with Gasteiger partial charge in [0.15, 0.2) is 0 Å². The third-order valence-corrected chi connectivity index (χ3v) is 2.25. The summed E-state index contributed by atoms with van der Waals surface area (Å²) >= 11 is 0. The Hall–Kier alpha value is -1.29. The van der Waals surface area contributed by atoms with Gasteiger partial charge in [0.25, 0.3) is 0 Å². The summed E-state index contributed by atoms with van der Waals surface area (Å²) in [5.41, 5.74) is 1.19. The van der Waals surface area contributed by atoms with Crippen LogP contribution in [-0.4, -0.2) is 23.1 Å². The SMILES string of the molecule is CCNC(=O)C(C)NCc1ccn(C)c1. The monoisotopic (exact) mass is 209 g/mol. The number of likely N-dealkylation sites (N-methyl/N-ethyl adjacent to an activating group) is 1. The average Bonchev–Trinajstić information content (AvgIpc) is 2.61. The van der Waals surface area contributed by atoms with Gasteiger partial charge in [-0.1, -0.05) is 0 Å². The summed E-state index contributed by atoms with van der Waals surface area (Å²) in [7, 11) is 1.98. The van der Waals surface area contributed by atoms with E-state index in [2.05, 4.69) is 10.6 Å². The molecule has 0 spiro atoms. The molecule has 84 valence electrons. The van der Waals surface area contributed by atoms with Crippen LogP contribution in [0, 0.1) is 0 Å². The standard InChI is InChI=1S/C11H19N3O/c1-4-12-11(15)9(2)13-7-10-5-6-14(3)8-10/h5-6,8-9,13H,4,7H2,1-3H3,(H,12,15). The Morgan fingerprint density at radius 2 is 2.33 bits per heavy atom. The first-order valence-electron chi connectivity index (χ1n) is 5.25. The van der Waals surface area contributed by atoms with Crippen LogP contribution in [0.4, 0.5) is 0 Å². The number of amides is 1. The Morgan fingerprint density at radius 1 is 1.60 bits per heavy atom. The van der Waals surface area contributed by atoms with Crippen molar-refractivity contribution < 1.29 is 4.79 Å². The highest BCUT2D eigenvalue weighted by Gasteiger charge is 2.10. The van der Waals surface area contributed by atoms with Crippen LogP contribution in [0.2, 0.25) is 0 Å². The van der Waals surface area contributed by atoms with Crippen LogP contribution in [0.15, 0.2) is 18.5 Å². The molecule has 0 saturated carbocycles. The molecule has 2 N–H and O–H groups in total. The van der Waals surface area contributed by atoms with Gasteiger partial charge in [-0.25, -0.2) is 0 Å². The summed E-state index contributed by atoms with van der Waals surface area (Å²) in [5.74, 6) is 0.0495. The fraction of sp³-hybridized carbons (Fsp3) is 0.545. The van der Waals surface area contributed by atoms with E-state index in [9.17, 15) is 4.79 Å². The second-order valence-corrected chi connectivity index (χ2v) is 3.68. The lowest BCUT2D eigenvalue weighted by atomic mass is 10.2. The number of nitrogens with one attached hydrogen (secondary N) is 2. The van der Waals surface area contributed by atoms with Crippen LogP contribution in [0.3, 0.4) is 0 Å². The molecule has 1 aromatic rings. The number of carbonyl (C=O) groups is 1. The lowest BCUT2D eigenvalue weighted by Gasteiger charge is -2.12. The maximum atomic E-state index is 11.4. The first-order valence-corrected chi connectivity index (χ1v) is 5.25. The summed E-state index contributed by atoms with van der Waals surface area (Å²) in [5, 5.41) is 5.95. The van der Waals surface area contributed by atoms with Crippen molar-refractivity contribution in [3.05, 3.63) is 24.0 Å². The maximum Gasteiger partial charge on any atom is 0.236 e. The number of carbonyl (C=O) groups excluding carboxylic acids is 1. The Balaban J connectivity index is 2.33. The Labute approximate surface area is 90.7 Å². The topological polar surface area (TPSA) is 46.1 Å². The molecule has 15 heavy (non-hydrogen) atoms. The van der Waals surface area contributed by atoms with E-state index in [-0.39, 0.29) is 11.9 Å². The molecule has 1 heterocycles. The third kappa shape index (κ3) is 3.75. The highest BCUT2D eigenvalue weighted by Crippen LogP contribution is 1.99. The molecular formula is C11H19N3O. The number of nitrogens with zero attached hydrogens (tertiary/aromatic N) is 1. The Kier molecular flexibility index (Phi) is 4.37. The van der Waals surface area contributed by atoms with Crippen molar-refractivity contribution in [2.24, 2.45) is 7.05 Å². The zero-order chi connectivity index (χ0) is 11.3. The van der Waals surface area contributed by atoms with E-state index in [1.807, 2.05) is 43.9 Å². The second-order valence-electron chi connectivity index (χ2n) is 3.68. The van der Waals surface area contributed by atoms with Crippen molar-refractivity contribution >= 4 is 5.91 Å². The average molecular weight is 209 g/mol. The van der Waals surface area contributed by atoms with Crippen molar-refractivity contribution in [1.29, 1.82) is 0 Å². The molecule has 1 aromatic heterocycles. The molecule has 1 rings (SSSR count). The normalized spacial score (nSPS) is 12.5. The van der Waals surface area contributed by atoms with Gasteiger partial charge in [0.05, 0.1) is 6.04 Å².